The van der Waals surface area contributed by atoms with Crippen molar-refractivity contribution in [2.75, 3.05) is 26.2 Å². The van der Waals surface area contributed by atoms with E-state index in [1.165, 1.54) is 24.9 Å². The molecule has 0 radical (unpaired) electrons. The molecule has 0 amide bonds. The highest BCUT2D eigenvalue weighted by atomic mass is 16.4. The molecule has 5 heteroatoms. The van der Waals surface area contributed by atoms with Gasteiger partial charge in [0.2, 0.25) is 0 Å². The second-order valence-electron chi connectivity index (χ2n) is 7.51. The van der Waals surface area contributed by atoms with Gasteiger partial charge in [-0.3, -0.25) is 14.6 Å². The normalized spacial score (nSPS) is 27.2. The lowest BCUT2D eigenvalue weighted by atomic mass is 9.84. The summed E-state index contributed by atoms with van der Waals surface area (Å²) < 4.78 is 0. The highest BCUT2D eigenvalue weighted by Crippen LogP contribution is 2.27. The largest absolute Gasteiger partial charge is 0.480 e. The van der Waals surface area contributed by atoms with Gasteiger partial charge in [-0.2, -0.15) is 0 Å². The average Bonchev–Trinajstić information content (AvgIpc) is 2.57. The summed E-state index contributed by atoms with van der Waals surface area (Å²) >= 11 is 0. The van der Waals surface area contributed by atoms with E-state index in [-0.39, 0.29) is 6.54 Å². The van der Waals surface area contributed by atoms with Crippen molar-refractivity contribution in [1.29, 1.82) is 0 Å². The minimum atomic E-state index is -0.720. The number of nitrogens with zero attached hydrogens (tertiary/aromatic N) is 2. The molecule has 1 aromatic carbocycles. The van der Waals surface area contributed by atoms with Crippen LogP contribution in [-0.2, 0) is 11.3 Å². The summed E-state index contributed by atoms with van der Waals surface area (Å²) in [6.07, 6.45) is 4.66. The zero-order chi connectivity index (χ0) is 17.6. The molecule has 2 N–H and O–H groups in total. The molecule has 1 unspecified atom stereocenters. The van der Waals surface area contributed by atoms with Gasteiger partial charge in [-0.15, -0.1) is 0 Å². The third kappa shape index (κ3) is 5.27. The van der Waals surface area contributed by atoms with Gasteiger partial charge in [0.1, 0.15) is 0 Å². The number of likely N-dealkylation sites (N-methyl/N-ethyl adjacent to an activating group) is 1. The summed E-state index contributed by atoms with van der Waals surface area (Å²) in [4.78, 5) is 15.6. The first-order valence-electron chi connectivity index (χ1n) is 9.62. The van der Waals surface area contributed by atoms with Crippen LogP contribution in [0, 0.1) is 0 Å². The molecule has 0 aromatic heterocycles. The van der Waals surface area contributed by atoms with E-state index in [0.29, 0.717) is 18.1 Å². The third-order valence-electron chi connectivity index (χ3n) is 5.60. The highest BCUT2D eigenvalue weighted by Gasteiger charge is 2.35. The molecule has 2 fully saturated rings. The van der Waals surface area contributed by atoms with Gasteiger partial charge in [-0.05, 0) is 44.3 Å². The van der Waals surface area contributed by atoms with Crippen LogP contribution in [0.25, 0.3) is 0 Å². The maximum Gasteiger partial charge on any atom is 0.317 e. The molecule has 1 heterocycles. The van der Waals surface area contributed by atoms with Crippen LogP contribution < -0.4 is 5.32 Å². The van der Waals surface area contributed by atoms with Gasteiger partial charge in [-0.25, -0.2) is 0 Å². The molecular weight excluding hydrogens is 314 g/mol. The standard InChI is InChI=1S/C20H31N3O2/c1-2-23(15-20(24)25)19-11-18(12-19)21-17-9-6-10-22(14-17)13-16-7-4-3-5-8-16/h3-5,7-8,17-19,21H,2,6,9-15H2,1H3,(H,24,25). The van der Waals surface area contributed by atoms with E-state index in [1.54, 1.807) is 0 Å². The smallest absolute Gasteiger partial charge is 0.317 e. The lowest BCUT2D eigenvalue weighted by Gasteiger charge is -2.45. The minimum absolute atomic E-state index is 0.169. The number of aliphatic carboxylic acids is 1. The maximum absolute atomic E-state index is 10.9. The van der Waals surface area contributed by atoms with Crippen LogP contribution in [0.15, 0.2) is 30.3 Å². The van der Waals surface area contributed by atoms with Crippen LogP contribution in [-0.4, -0.2) is 65.2 Å². The number of carboxylic acid groups (broad SMARTS) is 1. The Morgan fingerprint density at radius 1 is 1.28 bits per heavy atom. The van der Waals surface area contributed by atoms with E-state index < -0.39 is 5.97 Å². The summed E-state index contributed by atoms with van der Waals surface area (Å²) in [5, 5.41) is 12.8. The predicted molar refractivity (Wildman–Crippen MR) is 99.6 cm³/mol. The molecule has 2 aliphatic rings. The van der Waals surface area contributed by atoms with Crippen molar-refractivity contribution in [1.82, 2.24) is 15.1 Å². The Balaban J connectivity index is 1.41. The van der Waals surface area contributed by atoms with Crippen LogP contribution in [0.5, 0.6) is 0 Å². The van der Waals surface area contributed by atoms with Crippen LogP contribution in [0.3, 0.4) is 0 Å². The van der Waals surface area contributed by atoms with E-state index in [1.807, 2.05) is 6.92 Å². The molecule has 1 saturated carbocycles. The predicted octanol–water partition coefficient (Wildman–Crippen LogP) is 2.18. The second kappa shape index (κ2) is 8.79. The van der Waals surface area contributed by atoms with Crippen LogP contribution in [0.2, 0.25) is 0 Å². The van der Waals surface area contributed by atoms with Gasteiger partial charge in [0.25, 0.3) is 0 Å². The van der Waals surface area contributed by atoms with Crippen molar-refractivity contribution in [2.24, 2.45) is 0 Å². The maximum atomic E-state index is 10.9. The highest BCUT2D eigenvalue weighted by molar-refractivity contribution is 5.69. The van der Waals surface area contributed by atoms with E-state index in [4.69, 9.17) is 5.11 Å². The number of hydrogen-bond donors (Lipinski definition) is 2. The second-order valence-corrected chi connectivity index (χ2v) is 7.51. The van der Waals surface area contributed by atoms with Crippen LogP contribution >= 0.6 is 0 Å². The van der Waals surface area contributed by atoms with Gasteiger partial charge in [-0.1, -0.05) is 37.3 Å². The fourth-order valence-corrected chi connectivity index (χ4v) is 4.21. The van der Waals surface area contributed by atoms with Crippen molar-refractivity contribution in [3.63, 3.8) is 0 Å². The Bertz CT molecular complexity index is 545. The Labute approximate surface area is 151 Å². The molecule has 3 rings (SSSR count). The van der Waals surface area contributed by atoms with Crippen molar-refractivity contribution in [3.8, 4) is 0 Å². The molecule has 1 atom stereocenters. The summed E-state index contributed by atoms with van der Waals surface area (Å²) in [6.45, 7) is 6.37. The first kappa shape index (κ1) is 18.4. The molecule has 138 valence electrons. The van der Waals surface area contributed by atoms with Crippen molar-refractivity contribution in [2.45, 2.75) is 57.3 Å². The molecule has 1 aliphatic heterocycles. The molecule has 1 aliphatic carbocycles. The van der Waals surface area contributed by atoms with Gasteiger partial charge in [0.05, 0.1) is 6.54 Å². The number of likely N-dealkylation sites (tertiary alicyclic amines) is 1. The Morgan fingerprint density at radius 3 is 2.72 bits per heavy atom. The summed E-state index contributed by atoms with van der Waals surface area (Å²) in [6, 6.07) is 12.3. The third-order valence-corrected chi connectivity index (χ3v) is 5.60. The van der Waals surface area contributed by atoms with Crippen LogP contribution in [0.4, 0.5) is 0 Å². The van der Waals surface area contributed by atoms with Crippen molar-refractivity contribution < 1.29 is 9.90 Å². The Morgan fingerprint density at radius 2 is 2.04 bits per heavy atom. The zero-order valence-corrected chi connectivity index (χ0v) is 15.2. The van der Waals surface area contributed by atoms with Gasteiger partial charge >= 0.3 is 5.97 Å². The molecule has 25 heavy (non-hydrogen) atoms. The lowest BCUT2D eigenvalue weighted by molar-refractivity contribution is -0.139. The molecule has 5 nitrogen and oxygen atoms in total. The molecular formula is C20H31N3O2. The monoisotopic (exact) mass is 345 g/mol. The van der Waals surface area contributed by atoms with E-state index in [2.05, 4.69) is 45.4 Å². The minimum Gasteiger partial charge on any atom is -0.480 e. The first-order valence-corrected chi connectivity index (χ1v) is 9.62. The quantitative estimate of drug-likeness (QED) is 0.756. The Kier molecular flexibility index (Phi) is 6.45. The number of piperidine rings is 1. The van der Waals surface area contributed by atoms with Crippen molar-refractivity contribution in [3.05, 3.63) is 35.9 Å². The molecule has 1 aromatic rings. The summed E-state index contributed by atoms with van der Waals surface area (Å²) in [5.41, 5.74) is 1.39. The topological polar surface area (TPSA) is 55.8 Å². The van der Waals surface area contributed by atoms with E-state index >= 15 is 0 Å². The molecule has 1 saturated heterocycles. The SMILES string of the molecule is CCN(CC(=O)O)C1CC(NC2CCCN(Cc3ccccc3)C2)C1. The fraction of sp³-hybridized carbons (Fsp3) is 0.650. The van der Waals surface area contributed by atoms with E-state index in [0.717, 1.165) is 32.5 Å². The fourth-order valence-electron chi connectivity index (χ4n) is 4.21. The zero-order valence-electron chi connectivity index (χ0n) is 15.2. The van der Waals surface area contributed by atoms with Gasteiger partial charge < -0.3 is 10.4 Å². The number of carbonyl (C=O) groups is 1. The number of hydrogen-bond acceptors (Lipinski definition) is 4. The number of rotatable bonds is 8. The lowest BCUT2D eigenvalue weighted by Crippen LogP contribution is -2.58. The summed E-state index contributed by atoms with van der Waals surface area (Å²) in [7, 11) is 0. The number of carboxylic acids is 1. The van der Waals surface area contributed by atoms with Gasteiger partial charge in [0.15, 0.2) is 0 Å². The van der Waals surface area contributed by atoms with Crippen LogP contribution in [0.1, 0.15) is 38.2 Å². The molecule has 0 spiro atoms. The molecule has 0 bridgehead atoms. The number of nitrogens with one attached hydrogen (secondary N) is 1. The average molecular weight is 345 g/mol. The van der Waals surface area contributed by atoms with Crippen molar-refractivity contribution >= 4 is 5.97 Å². The van der Waals surface area contributed by atoms with E-state index in [9.17, 15) is 4.79 Å². The van der Waals surface area contributed by atoms with Gasteiger partial charge in [0, 0.05) is 31.2 Å². The first-order chi connectivity index (χ1) is 12.1. The Hall–Kier alpha value is -1.43. The summed E-state index contributed by atoms with van der Waals surface area (Å²) in [5.74, 6) is -0.720. The number of benzene rings is 1.